The van der Waals surface area contributed by atoms with Crippen molar-refractivity contribution in [3.63, 3.8) is 0 Å². The first-order chi connectivity index (χ1) is 11.0. The van der Waals surface area contributed by atoms with Crippen molar-refractivity contribution in [2.24, 2.45) is 0 Å². The number of hydrogen-bond acceptors (Lipinski definition) is 4. The molecule has 1 N–H and O–H groups in total. The Morgan fingerprint density at radius 3 is 2.74 bits per heavy atom. The fourth-order valence-corrected chi connectivity index (χ4v) is 2.89. The lowest BCUT2D eigenvalue weighted by molar-refractivity contribution is -0.120. The lowest BCUT2D eigenvalue weighted by Crippen LogP contribution is -2.43. The Labute approximate surface area is 141 Å². The van der Waals surface area contributed by atoms with E-state index in [0.29, 0.717) is 5.75 Å². The number of para-hydroxylation sites is 1. The molecule has 0 saturated carbocycles. The molecule has 0 aliphatic carbocycles. The highest BCUT2D eigenvalue weighted by molar-refractivity contribution is 7.99. The van der Waals surface area contributed by atoms with Gasteiger partial charge >= 0.3 is 0 Å². The van der Waals surface area contributed by atoms with E-state index in [4.69, 9.17) is 0 Å². The number of nitrogens with one attached hydrogen (secondary N) is 1. The minimum atomic E-state index is -0.180. The fraction of sp³-hybridized carbons (Fsp3) is 0.471. The molecule has 5 nitrogen and oxygen atoms in total. The van der Waals surface area contributed by atoms with Crippen LogP contribution in [-0.4, -0.2) is 32.0 Å². The Morgan fingerprint density at radius 1 is 1.30 bits per heavy atom. The number of rotatable bonds is 7. The summed E-state index contributed by atoms with van der Waals surface area (Å²) in [7, 11) is 0. The third-order valence-corrected chi connectivity index (χ3v) is 4.79. The highest BCUT2D eigenvalue weighted by Gasteiger charge is 2.19. The van der Waals surface area contributed by atoms with Crippen LogP contribution in [-0.2, 0) is 11.2 Å². The van der Waals surface area contributed by atoms with Crippen molar-refractivity contribution in [2.45, 2.75) is 51.2 Å². The number of benzene rings is 1. The van der Waals surface area contributed by atoms with E-state index in [2.05, 4.69) is 35.4 Å². The second kappa shape index (κ2) is 7.64. The molecule has 0 radical (unpaired) electrons. The maximum Gasteiger partial charge on any atom is 0.230 e. The third kappa shape index (κ3) is 4.58. The van der Waals surface area contributed by atoms with Gasteiger partial charge in [-0.05, 0) is 38.3 Å². The number of carbonyl (C=O) groups is 1. The van der Waals surface area contributed by atoms with Gasteiger partial charge in [0.15, 0.2) is 5.16 Å². The standard InChI is InChI=1S/C17H24N4OS/c1-5-13-9-7-8-10-14(13)21-12-18-20-16(21)23-11-15(22)19-17(3,4)6-2/h7-10,12H,5-6,11H2,1-4H3,(H,19,22). The lowest BCUT2D eigenvalue weighted by Gasteiger charge is -2.24. The second-order valence-electron chi connectivity index (χ2n) is 6.04. The molecule has 2 aromatic rings. The van der Waals surface area contributed by atoms with Crippen molar-refractivity contribution in [2.75, 3.05) is 5.75 Å². The number of aryl methyl sites for hydroxylation is 1. The molecule has 124 valence electrons. The molecule has 0 unspecified atom stereocenters. The van der Waals surface area contributed by atoms with Gasteiger partial charge in [0, 0.05) is 5.54 Å². The number of aromatic nitrogens is 3. The van der Waals surface area contributed by atoms with Crippen molar-refractivity contribution in [1.82, 2.24) is 20.1 Å². The Bertz CT molecular complexity index is 666. The number of thioether (sulfide) groups is 1. The molecule has 0 fully saturated rings. The molecule has 6 heteroatoms. The lowest BCUT2D eigenvalue weighted by atomic mass is 10.0. The molecule has 1 aromatic heterocycles. The van der Waals surface area contributed by atoms with Crippen LogP contribution in [0.1, 0.15) is 39.7 Å². The van der Waals surface area contributed by atoms with Crippen molar-refractivity contribution in [3.8, 4) is 5.69 Å². The van der Waals surface area contributed by atoms with Crippen LogP contribution in [0.4, 0.5) is 0 Å². The van der Waals surface area contributed by atoms with Crippen molar-refractivity contribution in [1.29, 1.82) is 0 Å². The van der Waals surface area contributed by atoms with Crippen LogP contribution < -0.4 is 5.32 Å². The largest absolute Gasteiger partial charge is 0.351 e. The summed E-state index contributed by atoms with van der Waals surface area (Å²) in [5, 5.41) is 11.9. The second-order valence-corrected chi connectivity index (χ2v) is 6.98. The zero-order chi connectivity index (χ0) is 16.9. The third-order valence-electron chi connectivity index (χ3n) is 3.84. The van der Waals surface area contributed by atoms with E-state index in [1.165, 1.54) is 17.3 Å². The van der Waals surface area contributed by atoms with Gasteiger partial charge < -0.3 is 5.32 Å². The summed E-state index contributed by atoms with van der Waals surface area (Å²) in [6.45, 7) is 8.23. The zero-order valence-corrected chi connectivity index (χ0v) is 15.0. The summed E-state index contributed by atoms with van der Waals surface area (Å²) in [6.07, 6.45) is 3.53. The summed E-state index contributed by atoms with van der Waals surface area (Å²) in [5.74, 6) is 0.344. The summed E-state index contributed by atoms with van der Waals surface area (Å²) in [4.78, 5) is 12.1. The van der Waals surface area contributed by atoms with E-state index in [9.17, 15) is 4.79 Å². The number of amides is 1. The van der Waals surface area contributed by atoms with E-state index >= 15 is 0 Å². The van der Waals surface area contributed by atoms with Crippen LogP contribution in [0.2, 0.25) is 0 Å². The summed E-state index contributed by atoms with van der Waals surface area (Å²) < 4.78 is 1.95. The highest BCUT2D eigenvalue weighted by atomic mass is 32.2. The predicted molar refractivity (Wildman–Crippen MR) is 94.0 cm³/mol. The number of nitrogens with zero attached hydrogens (tertiary/aromatic N) is 3. The summed E-state index contributed by atoms with van der Waals surface area (Å²) >= 11 is 1.40. The molecule has 0 spiro atoms. The molecule has 0 saturated heterocycles. The first-order valence-corrected chi connectivity index (χ1v) is 8.87. The van der Waals surface area contributed by atoms with Gasteiger partial charge in [-0.1, -0.05) is 43.8 Å². The zero-order valence-electron chi connectivity index (χ0n) is 14.2. The van der Waals surface area contributed by atoms with E-state index in [1.807, 2.05) is 36.6 Å². The van der Waals surface area contributed by atoms with Crippen LogP contribution in [0.25, 0.3) is 5.69 Å². The topological polar surface area (TPSA) is 59.8 Å². The van der Waals surface area contributed by atoms with Crippen LogP contribution in [0.5, 0.6) is 0 Å². The SMILES string of the molecule is CCc1ccccc1-n1cnnc1SCC(=O)NC(C)(C)CC. The Kier molecular flexibility index (Phi) is 5.82. The van der Waals surface area contributed by atoms with E-state index in [0.717, 1.165) is 23.7 Å². The molecule has 0 bridgehead atoms. The first-order valence-electron chi connectivity index (χ1n) is 7.89. The smallest absolute Gasteiger partial charge is 0.230 e. The maximum atomic E-state index is 12.1. The normalized spacial score (nSPS) is 11.5. The minimum Gasteiger partial charge on any atom is -0.351 e. The van der Waals surface area contributed by atoms with Gasteiger partial charge in [0.25, 0.3) is 0 Å². The molecular weight excluding hydrogens is 308 g/mol. The van der Waals surface area contributed by atoms with Crippen molar-refractivity contribution < 1.29 is 4.79 Å². The van der Waals surface area contributed by atoms with Gasteiger partial charge in [-0.15, -0.1) is 10.2 Å². The van der Waals surface area contributed by atoms with Gasteiger partial charge in [0.1, 0.15) is 6.33 Å². The molecule has 0 aliphatic heterocycles. The summed E-state index contributed by atoms with van der Waals surface area (Å²) in [6, 6.07) is 8.17. The Morgan fingerprint density at radius 2 is 2.04 bits per heavy atom. The molecular formula is C17H24N4OS. The van der Waals surface area contributed by atoms with Crippen molar-refractivity contribution in [3.05, 3.63) is 36.2 Å². The maximum absolute atomic E-state index is 12.1. The van der Waals surface area contributed by atoms with Gasteiger partial charge in [0.05, 0.1) is 11.4 Å². The minimum absolute atomic E-state index is 0.0141. The summed E-state index contributed by atoms with van der Waals surface area (Å²) in [5.41, 5.74) is 2.11. The van der Waals surface area contributed by atoms with Crippen LogP contribution in [0.15, 0.2) is 35.7 Å². The highest BCUT2D eigenvalue weighted by Crippen LogP contribution is 2.22. The molecule has 0 aliphatic rings. The number of carbonyl (C=O) groups excluding carboxylic acids is 1. The fourth-order valence-electron chi connectivity index (χ4n) is 2.16. The molecule has 0 atom stereocenters. The average Bonchev–Trinajstić information content (AvgIpc) is 3.00. The van der Waals surface area contributed by atoms with Gasteiger partial charge in [-0.2, -0.15) is 0 Å². The van der Waals surface area contributed by atoms with Gasteiger partial charge in [-0.3, -0.25) is 9.36 Å². The van der Waals surface area contributed by atoms with E-state index in [-0.39, 0.29) is 11.4 Å². The van der Waals surface area contributed by atoms with Gasteiger partial charge in [0.2, 0.25) is 5.91 Å². The Hall–Kier alpha value is -1.82. The van der Waals surface area contributed by atoms with Crippen LogP contribution >= 0.6 is 11.8 Å². The van der Waals surface area contributed by atoms with Crippen molar-refractivity contribution >= 4 is 17.7 Å². The van der Waals surface area contributed by atoms with Crippen LogP contribution in [0, 0.1) is 0 Å². The first kappa shape index (κ1) is 17.5. The average molecular weight is 332 g/mol. The van der Waals surface area contributed by atoms with Gasteiger partial charge in [-0.25, -0.2) is 0 Å². The van der Waals surface area contributed by atoms with E-state index < -0.39 is 0 Å². The molecule has 1 aromatic carbocycles. The molecule has 23 heavy (non-hydrogen) atoms. The van der Waals surface area contributed by atoms with Crippen LogP contribution in [0.3, 0.4) is 0 Å². The Balaban J connectivity index is 2.09. The molecule has 1 amide bonds. The monoisotopic (exact) mass is 332 g/mol. The predicted octanol–water partition coefficient (Wildman–Crippen LogP) is 3.23. The molecule has 1 heterocycles. The quantitative estimate of drug-likeness (QED) is 0.791. The molecule has 2 rings (SSSR count). The number of hydrogen-bond donors (Lipinski definition) is 1. The van der Waals surface area contributed by atoms with E-state index in [1.54, 1.807) is 6.33 Å².